The van der Waals surface area contributed by atoms with Gasteiger partial charge in [-0.1, -0.05) is 6.07 Å². The van der Waals surface area contributed by atoms with Gasteiger partial charge in [0.05, 0.1) is 16.7 Å². The first-order valence-electron chi connectivity index (χ1n) is 7.78. The Hall–Kier alpha value is -2.81. The molecule has 132 valence electrons. The lowest BCUT2D eigenvalue weighted by atomic mass is 10.0. The third kappa shape index (κ3) is 2.74. The predicted molar refractivity (Wildman–Crippen MR) is 93.2 cm³/mol. The van der Waals surface area contributed by atoms with E-state index in [4.69, 9.17) is 0 Å². The molecule has 0 saturated carbocycles. The fourth-order valence-electron chi connectivity index (χ4n) is 2.92. The molecule has 4 rings (SSSR count). The summed E-state index contributed by atoms with van der Waals surface area (Å²) >= 11 is 1.15. The highest BCUT2D eigenvalue weighted by Gasteiger charge is 2.34. The summed E-state index contributed by atoms with van der Waals surface area (Å²) < 4.78 is 30.2. The van der Waals surface area contributed by atoms with E-state index in [1.165, 1.54) is 22.9 Å². The lowest BCUT2D eigenvalue weighted by Gasteiger charge is -2.16. The Bertz CT molecular complexity index is 972. The van der Waals surface area contributed by atoms with E-state index in [2.05, 4.69) is 20.4 Å². The molecular formula is C17H13F2N5OS. The Morgan fingerprint density at radius 1 is 1.15 bits per heavy atom. The fraction of sp³-hybridized carbons (Fsp3) is 0.176. The average molecular weight is 373 g/mol. The van der Waals surface area contributed by atoms with Gasteiger partial charge in [0.15, 0.2) is 0 Å². The molecule has 1 aliphatic heterocycles. The number of thioether (sulfide) groups is 1. The van der Waals surface area contributed by atoms with Crippen LogP contribution in [0.25, 0.3) is 5.95 Å². The van der Waals surface area contributed by atoms with E-state index in [1.807, 2.05) is 0 Å². The molecule has 0 saturated heterocycles. The SMILES string of the molecule is Cc1nn(-c2ncccn2)c2c1[C@@H](c1c(F)cccc1F)SCC(=O)N2. The van der Waals surface area contributed by atoms with Gasteiger partial charge in [0.2, 0.25) is 5.91 Å². The summed E-state index contributed by atoms with van der Waals surface area (Å²) in [5.74, 6) is -0.958. The zero-order chi connectivity index (χ0) is 18.3. The number of amides is 1. The molecule has 0 unspecified atom stereocenters. The maximum atomic E-state index is 14.4. The number of rotatable bonds is 2. The molecule has 1 aromatic carbocycles. The molecule has 0 radical (unpaired) electrons. The predicted octanol–water partition coefficient (Wildman–Crippen LogP) is 3.02. The minimum atomic E-state index is -0.720. The van der Waals surface area contributed by atoms with Crippen LogP contribution in [-0.4, -0.2) is 31.4 Å². The highest BCUT2D eigenvalue weighted by Crippen LogP contribution is 2.45. The topological polar surface area (TPSA) is 72.7 Å². The van der Waals surface area contributed by atoms with E-state index >= 15 is 0 Å². The van der Waals surface area contributed by atoms with Crippen molar-refractivity contribution in [3.05, 3.63) is 65.1 Å². The lowest BCUT2D eigenvalue weighted by molar-refractivity contribution is -0.113. The highest BCUT2D eigenvalue weighted by molar-refractivity contribution is 8.00. The molecule has 0 spiro atoms. The van der Waals surface area contributed by atoms with Crippen LogP contribution in [0, 0.1) is 18.6 Å². The van der Waals surface area contributed by atoms with Gasteiger partial charge in [-0.25, -0.2) is 18.7 Å². The van der Waals surface area contributed by atoms with Crippen LogP contribution in [0.4, 0.5) is 14.6 Å². The van der Waals surface area contributed by atoms with Crippen LogP contribution in [0.3, 0.4) is 0 Å². The van der Waals surface area contributed by atoms with Crippen molar-refractivity contribution < 1.29 is 13.6 Å². The molecule has 0 fully saturated rings. The van der Waals surface area contributed by atoms with Gasteiger partial charge in [-0.05, 0) is 25.1 Å². The third-order valence-electron chi connectivity index (χ3n) is 4.01. The first-order chi connectivity index (χ1) is 12.6. The summed E-state index contributed by atoms with van der Waals surface area (Å²) in [6.45, 7) is 1.72. The number of aryl methyl sites for hydroxylation is 1. The van der Waals surface area contributed by atoms with Crippen molar-refractivity contribution in [2.45, 2.75) is 12.2 Å². The highest BCUT2D eigenvalue weighted by atomic mass is 32.2. The van der Waals surface area contributed by atoms with Crippen molar-refractivity contribution >= 4 is 23.5 Å². The first-order valence-corrected chi connectivity index (χ1v) is 8.83. The van der Waals surface area contributed by atoms with E-state index in [1.54, 1.807) is 25.4 Å². The number of nitrogens with one attached hydrogen (secondary N) is 1. The van der Waals surface area contributed by atoms with Gasteiger partial charge in [0.25, 0.3) is 5.95 Å². The van der Waals surface area contributed by atoms with Crippen LogP contribution in [0.15, 0.2) is 36.7 Å². The fourth-order valence-corrected chi connectivity index (χ4v) is 4.15. The van der Waals surface area contributed by atoms with Crippen molar-refractivity contribution in [3.63, 3.8) is 0 Å². The lowest BCUT2D eigenvalue weighted by Crippen LogP contribution is -2.16. The number of anilines is 1. The minimum absolute atomic E-state index is 0.0577. The molecule has 3 heterocycles. The Kier molecular flexibility index (Phi) is 4.15. The van der Waals surface area contributed by atoms with Gasteiger partial charge < -0.3 is 5.32 Å². The number of carbonyl (C=O) groups is 1. The number of hydrogen-bond acceptors (Lipinski definition) is 5. The van der Waals surface area contributed by atoms with Crippen LogP contribution in [0.1, 0.15) is 22.1 Å². The zero-order valence-corrected chi connectivity index (χ0v) is 14.4. The van der Waals surface area contributed by atoms with Crippen LogP contribution >= 0.6 is 11.8 Å². The molecule has 2 aromatic heterocycles. The van der Waals surface area contributed by atoms with E-state index in [9.17, 15) is 13.6 Å². The monoisotopic (exact) mass is 373 g/mol. The van der Waals surface area contributed by atoms with Gasteiger partial charge in [-0.2, -0.15) is 9.78 Å². The van der Waals surface area contributed by atoms with Gasteiger partial charge in [-0.3, -0.25) is 4.79 Å². The third-order valence-corrected chi connectivity index (χ3v) is 5.24. The zero-order valence-electron chi connectivity index (χ0n) is 13.6. The molecule has 9 heteroatoms. The number of fused-ring (bicyclic) bond motifs is 1. The van der Waals surface area contributed by atoms with E-state index in [-0.39, 0.29) is 23.2 Å². The van der Waals surface area contributed by atoms with Crippen molar-refractivity contribution in [2.75, 3.05) is 11.1 Å². The number of benzene rings is 1. The van der Waals surface area contributed by atoms with Crippen LogP contribution in [-0.2, 0) is 4.79 Å². The van der Waals surface area contributed by atoms with Crippen molar-refractivity contribution in [1.82, 2.24) is 19.7 Å². The Balaban J connectivity index is 1.95. The summed E-state index contributed by atoms with van der Waals surface area (Å²) in [5, 5.41) is 6.44. The Labute approximate surface area is 151 Å². The van der Waals surface area contributed by atoms with Gasteiger partial charge in [-0.15, -0.1) is 11.8 Å². The number of carbonyl (C=O) groups excluding carboxylic acids is 1. The van der Waals surface area contributed by atoms with Gasteiger partial charge in [0, 0.05) is 23.5 Å². The largest absolute Gasteiger partial charge is 0.309 e. The second-order valence-electron chi connectivity index (χ2n) is 5.68. The molecule has 26 heavy (non-hydrogen) atoms. The molecule has 6 nitrogen and oxygen atoms in total. The summed E-state index contributed by atoms with van der Waals surface area (Å²) in [6, 6.07) is 5.39. The maximum absolute atomic E-state index is 14.4. The second-order valence-corrected chi connectivity index (χ2v) is 6.78. The minimum Gasteiger partial charge on any atom is -0.309 e. The number of halogens is 2. The van der Waals surface area contributed by atoms with E-state index in [0.29, 0.717) is 17.1 Å². The molecule has 0 aliphatic carbocycles. The Morgan fingerprint density at radius 3 is 2.54 bits per heavy atom. The summed E-state index contributed by atoms with van der Waals surface area (Å²) in [4.78, 5) is 20.5. The van der Waals surface area contributed by atoms with Crippen molar-refractivity contribution in [2.24, 2.45) is 0 Å². The molecular weight excluding hydrogens is 360 g/mol. The smallest absolute Gasteiger partial charge is 0.252 e. The van der Waals surface area contributed by atoms with Crippen molar-refractivity contribution in [1.29, 1.82) is 0 Å². The number of aromatic nitrogens is 4. The summed E-state index contributed by atoms with van der Waals surface area (Å²) in [5.41, 5.74) is 0.985. The number of hydrogen-bond donors (Lipinski definition) is 1. The molecule has 1 N–H and O–H groups in total. The summed E-state index contributed by atoms with van der Waals surface area (Å²) in [6.07, 6.45) is 3.10. The summed E-state index contributed by atoms with van der Waals surface area (Å²) in [7, 11) is 0. The first kappa shape index (κ1) is 16.6. The van der Waals surface area contributed by atoms with Crippen LogP contribution in [0.5, 0.6) is 0 Å². The average Bonchev–Trinajstić information content (AvgIpc) is 2.83. The normalized spacial score (nSPS) is 16.7. The van der Waals surface area contributed by atoms with Gasteiger partial charge >= 0.3 is 0 Å². The molecule has 1 atom stereocenters. The van der Waals surface area contributed by atoms with Crippen molar-refractivity contribution in [3.8, 4) is 5.95 Å². The molecule has 1 amide bonds. The van der Waals surface area contributed by atoms with Gasteiger partial charge in [0.1, 0.15) is 17.5 Å². The van der Waals surface area contributed by atoms with E-state index in [0.717, 1.165) is 11.8 Å². The molecule has 1 aliphatic rings. The molecule has 3 aromatic rings. The maximum Gasteiger partial charge on any atom is 0.252 e. The van der Waals surface area contributed by atoms with Crippen LogP contribution < -0.4 is 5.32 Å². The quantitative estimate of drug-likeness (QED) is 0.748. The second kappa shape index (κ2) is 6.49. The van der Waals surface area contributed by atoms with Crippen LogP contribution in [0.2, 0.25) is 0 Å². The molecule has 0 bridgehead atoms. The standard InChI is InChI=1S/C17H13F2N5OS/c1-9-13-15(14-10(18)4-2-5-11(14)19)26-8-12(25)22-16(13)24(23-9)17-20-6-3-7-21-17/h2-7,15H,8H2,1H3,(H,22,25)/t15-/m0/s1. The van der Waals surface area contributed by atoms with E-state index < -0.39 is 16.9 Å². The number of nitrogens with zero attached hydrogens (tertiary/aromatic N) is 4. The Morgan fingerprint density at radius 2 is 1.85 bits per heavy atom.